The third kappa shape index (κ3) is 2.82. The molecule has 1 saturated heterocycles. The van der Waals surface area contributed by atoms with Crippen LogP contribution in [0.25, 0.3) is 0 Å². The van der Waals surface area contributed by atoms with Crippen LogP contribution in [0.5, 0.6) is 0 Å². The molecule has 19 heavy (non-hydrogen) atoms. The van der Waals surface area contributed by atoms with Crippen LogP contribution >= 0.6 is 0 Å². The first-order valence-electron chi connectivity index (χ1n) is 7.41. The first-order chi connectivity index (χ1) is 9.19. The van der Waals surface area contributed by atoms with Crippen LogP contribution < -0.4 is 0 Å². The molecule has 1 aliphatic carbocycles. The second-order valence-corrected chi connectivity index (χ2v) is 6.51. The van der Waals surface area contributed by atoms with Crippen molar-refractivity contribution >= 4 is 0 Å². The molecule has 1 aliphatic heterocycles. The smallest absolute Gasteiger partial charge is 0.0991 e. The number of rotatable bonds is 4. The van der Waals surface area contributed by atoms with Gasteiger partial charge in [-0.1, -0.05) is 19.1 Å². The molecule has 2 fully saturated rings. The maximum atomic E-state index is 8.79. The van der Waals surface area contributed by atoms with Crippen molar-refractivity contribution in [3.63, 3.8) is 0 Å². The van der Waals surface area contributed by atoms with E-state index in [4.69, 9.17) is 5.26 Å². The number of nitrogens with zero attached hydrogens (tertiary/aromatic N) is 2. The maximum absolute atomic E-state index is 8.79. The van der Waals surface area contributed by atoms with Gasteiger partial charge in [0.25, 0.3) is 0 Å². The molecule has 3 rings (SSSR count). The molecule has 2 heteroatoms. The predicted octanol–water partition coefficient (Wildman–Crippen LogP) is 3.22. The summed E-state index contributed by atoms with van der Waals surface area (Å²) in [7, 11) is 0. The topological polar surface area (TPSA) is 27.0 Å². The summed E-state index contributed by atoms with van der Waals surface area (Å²) in [5.74, 6) is 1.01. The maximum Gasteiger partial charge on any atom is 0.0991 e. The van der Waals surface area contributed by atoms with Crippen LogP contribution in [0.4, 0.5) is 0 Å². The number of nitriles is 1. The lowest BCUT2D eigenvalue weighted by molar-refractivity contribution is 0.248. The van der Waals surface area contributed by atoms with E-state index in [0.29, 0.717) is 5.41 Å². The third-order valence-corrected chi connectivity index (χ3v) is 4.95. The lowest BCUT2D eigenvalue weighted by Crippen LogP contribution is -2.28. The molecule has 0 N–H and O–H groups in total. The molecule has 0 spiro atoms. The molecule has 0 amide bonds. The fourth-order valence-electron chi connectivity index (χ4n) is 3.42. The molecule has 1 heterocycles. The van der Waals surface area contributed by atoms with E-state index < -0.39 is 0 Å². The standard InChI is InChI=1S/C17H22N2/c1-17(16-6-7-16)9-11-19(13-17)10-8-14-2-4-15(12-18)5-3-14/h2-5,16H,6-11,13H2,1H3. The Bertz CT molecular complexity index is 481. The fraction of sp³-hybridized carbons (Fsp3) is 0.588. The second kappa shape index (κ2) is 4.98. The Morgan fingerprint density at radius 2 is 2.05 bits per heavy atom. The summed E-state index contributed by atoms with van der Waals surface area (Å²) < 4.78 is 0. The number of benzene rings is 1. The van der Waals surface area contributed by atoms with E-state index in [1.807, 2.05) is 12.1 Å². The average Bonchev–Trinajstić information content (AvgIpc) is 3.23. The zero-order valence-corrected chi connectivity index (χ0v) is 11.7. The largest absolute Gasteiger partial charge is 0.302 e. The molecule has 1 aromatic carbocycles. The van der Waals surface area contributed by atoms with Crippen LogP contribution in [0.2, 0.25) is 0 Å². The fourth-order valence-corrected chi connectivity index (χ4v) is 3.42. The van der Waals surface area contributed by atoms with Gasteiger partial charge >= 0.3 is 0 Å². The molecule has 2 nitrogen and oxygen atoms in total. The normalized spacial score (nSPS) is 27.4. The lowest BCUT2D eigenvalue weighted by atomic mass is 9.84. The third-order valence-electron chi connectivity index (χ3n) is 4.95. The van der Waals surface area contributed by atoms with E-state index in [2.05, 4.69) is 30.0 Å². The Morgan fingerprint density at radius 1 is 1.32 bits per heavy atom. The first-order valence-corrected chi connectivity index (χ1v) is 7.41. The summed E-state index contributed by atoms with van der Waals surface area (Å²) in [5, 5.41) is 8.79. The van der Waals surface area contributed by atoms with Gasteiger partial charge in [-0.3, -0.25) is 0 Å². The molecule has 0 bridgehead atoms. The SMILES string of the molecule is CC1(C2CC2)CCN(CCc2ccc(C#N)cc2)C1. The first kappa shape index (κ1) is 12.7. The molecule has 1 saturated carbocycles. The molecular formula is C17H22N2. The van der Waals surface area contributed by atoms with E-state index in [0.717, 1.165) is 24.4 Å². The zero-order chi connectivity index (χ0) is 13.3. The van der Waals surface area contributed by atoms with Gasteiger partial charge in [0.15, 0.2) is 0 Å². The molecule has 1 atom stereocenters. The van der Waals surface area contributed by atoms with Crippen LogP contribution in [-0.4, -0.2) is 24.5 Å². The monoisotopic (exact) mass is 254 g/mol. The second-order valence-electron chi connectivity index (χ2n) is 6.51. The van der Waals surface area contributed by atoms with Crippen molar-refractivity contribution in [3.05, 3.63) is 35.4 Å². The molecule has 2 aliphatic rings. The summed E-state index contributed by atoms with van der Waals surface area (Å²) in [6, 6.07) is 10.2. The molecule has 100 valence electrons. The van der Waals surface area contributed by atoms with Gasteiger partial charge in [-0.05, 0) is 61.3 Å². The highest BCUT2D eigenvalue weighted by Crippen LogP contribution is 2.50. The molecule has 1 unspecified atom stereocenters. The van der Waals surface area contributed by atoms with Gasteiger partial charge in [-0.25, -0.2) is 0 Å². The van der Waals surface area contributed by atoms with Crippen LogP contribution in [0.3, 0.4) is 0 Å². The van der Waals surface area contributed by atoms with Crippen LogP contribution in [-0.2, 0) is 6.42 Å². The van der Waals surface area contributed by atoms with Gasteiger partial charge in [0.05, 0.1) is 11.6 Å². The van der Waals surface area contributed by atoms with Crippen molar-refractivity contribution < 1.29 is 0 Å². The minimum absolute atomic E-state index is 0.602. The number of likely N-dealkylation sites (tertiary alicyclic amines) is 1. The Kier molecular flexibility index (Phi) is 3.33. The summed E-state index contributed by atoms with van der Waals surface area (Å²) in [4.78, 5) is 2.62. The minimum Gasteiger partial charge on any atom is -0.302 e. The van der Waals surface area contributed by atoms with E-state index in [1.54, 1.807) is 0 Å². The Balaban J connectivity index is 1.51. The highest BCUT2D eigenvalue weighted by atomic mass is 15.2. The molecular weight excluding hydrogens is 232 g/mol. The Labute approximate surface area is 116 Å². The zero-order valence-electron chi connectivity index (χ0n) is 11.7. The van der Waals surface area contributed by atoms with Gasteiger partial charge < -0.3 is 4.90 Å². The van der Waals surface area contributed by atoms with E-state index in [-0.39, 0.29) is 0 Å². The van der Waals surface area contributed by atoms with Crippen LogP contribution in [0, 0.1) is 22.7 Å². The van der Waals surface area contributed by atoms with Crippen LogP contribution in [0.15, 0.2) is 24.3 Å². The van der Waals surface area contributed by atoms with Gasteiger partial charge in [0.2, 0.25) is 0 Å². The quantitative estimate of drug-likeness (QED) is 0.825. The van der Waals surface area contributed by atoms with Crippen LogP contribution in [0.1, 0.15) is 37.3 Å². The molecule has 1 aromatic rings. The van der Waals surface area contributed by atoms with Crippen molar-refractivity contribution in [1.82, 2.24) is 4.90 Å². The number of hydrogen-bond acceptors (Lipinski definition) is 2. The summed E-state index contributed by atoms with van der Waals surface area (Å²) in [5.41, 5.74) is 2.70. The summed E-state index contributed by atoms with van der Waals surface area (Å²) in [6.07, 6.45) is 5.40. The van der Waals surface area contributed by atoms with Gasteiger partial charge in [0.1, 0.15) is 0 Å². The average molecular weight is 254 g/mol. The highest BCUT2D eigenvalue weighted by Gasteiger charge is 2.45. The van der Waals surface area contributed by atoms with E-state index in [9.17, 15) is 0 Å². The van der Waals surface area contributed by atoms with E-state index >= 15 is 0 Å². The summed E-state index contributed by atoms with van der Waals surface area (Å²) >= 11 is 0. The summed E-state index contributed by atoms with van der Waals surface area (Å²) in [6.45, 7) is 6.19. The van der Waals surface area contributed by atoms with Gasteiger partial charge in [-0.2, -0.15) is 5.26 Å². The Morgan fingerprint density at radius 3 is 2.68 bits per heavy atom. The predicted molar refractivity (Wildman–Crippen MR) is 76.7 cm³/mol. The van der Waals surface area contributed by atoms with E-state index in [1.165, 1.54) is 37.9 Å². The lowest BCUT2D eigenvalue weighted by Gasteiger charge is -2.24. The van der Waals surface area contributed by atoms with Gasteiger partial charge in [-0.15, -0.1) is 0 Å². The molecule has 0 aromatic heterocycles. The van der Waals surface area contributed by atoms with Crippen molar-refractivity contribution in [2.24, 2.45) is 11.3 Å². The van der Waals surface area contributed by atoms with Crippen molar-refractivity contribution in [1.29, 1.82) is 5.26 Å². The van der Waals surface area contributed by atoms with Crippen molar-refractivity contribution in [2.45, 2.75) is 32.6 Å². The molecule has 0 radical (unpaired) electrons. The minimum atomic E-state index is 0.602. The van der Waals surface area contributed by atoms with Gasteiger partial charge in [0, 0.05) is 13.1 Å². The van der Waals surface area contributed by atoms with Crippen molar-refractivity contribution in [2.75, 3.05) is 19.6 Å². The number of hydrogen-bond donors (Lipinski definition) is 0. The highest BCUT2D eigenvalue weighted by molar-refractivity contribution is 5.31. The van der Waals surface area contributed by atoms with Crippen molar-refractivity contribution in [3.8, 4) is 6.07 Å². The Hall–Kier alpha value is -1.33.